The van der Waals surface area contributed by atoms with E-state index in [9.17, 15) is 0 Å². The standard InChI is InChI=1S/C11H15N3OS/c1-9(15-3)7-14(2)10-4-5-13-6-11(10)16-8-12/h4-6,9H,7H2,1-3H3. The Morgan fingerprint density at radius 3 is 3.06 bits per heavy atom. The number of nitrogens with zero attached hydrogens (tertiary/aromatic N) is 3. The minimum atomic E-state index is 0.151. The summed E-state index contributed by atoms with van der Waals surface area (Å²) in [6.07, 6.45) is 3.58. The van der Waals surface area contributed by atoms with E-state index in [2.05, 4.69) is 15.3 Å². The SMILES string of the molecule is COC(C)CN(C)c1ccncc1SC#N. The number of pyridine rings is 1. The lowest BCUT2D eigenvalue weighted by molar-refractivity contribution is 0.124. The van der Waals surface area contributed by atoms with Gasteiger partial charge in [0.15, 0.2) is 0 Å². The van der Waals surface area contributed by atoms with Crippen LogP contribution in [0.2, 0.25) is 0 Å². The molecule has 0 fully saturated rings. The highest BCUT2D eigenvalue weighted by Gasteiger charge is 2.10. The molecule has 0 saturated carbocycles. The minimum absolute atomic E-state index is 0.151. The van der Waals surface area contributed by atoms with E-state index in [-0.39, 0.29) is 6.10 Å². The zero-order valence-corrected chi connectivity index (χ0v) is 10.5. The van der Waals surface area contributed by atoms with E-state index in [1.54, 1.807) is 19.5 Å². The van der Waals surface area contributed by atoms with E-state index >= 15 is 0 Å². The number of thioether (sulfide) groups is 1. The molecule has 0 spiro atoms. The van der Waals surface area contributed by atoms with Gasteiger partial charge in [0.05, 0.1) is 16.7 Å². The lowest BCUT2D eigenvalue weighted by Gasteiger charge is -2.23. The quantitative estimate of drug-likeness (QED) is 0.580. The van der Waals surface area contributed by atoms with Crippen LogP contribution in [0.1, 0.15) is 6.92 Å². The van der Waals surface area contributed by atoms with Crippen LogP contribution in [-0.2, 0) is 4.74 Å². The van der Waals surface area contributed by atoms with Gasteiger partial charge in [0.25, 0.3) is 0 Å². The molecule has 0 radical (unpaired) electrons. The van der Waals surface area contributed by atoms with Gasteiger partial charge < -0.3 is 9.64 Å². The highest BCUT2D eigenvalue weighted by molar-refractivity contribution is 8.03. The van der Waals surface area contributed by atoms with Crippen molar-refractivity contribution in [2.45, 2.75) is 17.9 Å². The molecule has 0 N–H and O–H groups in total. The molecule has 5 heteroatoms. The maximum absolute atomic E-state index is 8.70. The van der Waals surface area contributed by atoms with Crippen molar-refractivity contribution < 1.29 is 4.74 Å². The number of likely N-dealkylation sites (N-methyl/N-ethyl adjacent to an activating group) is 1. The Balaban J connectivity index is 2.82. The fourth-order valence-electron chi connectivity index (χ4n) is 1.37. The van der Waals surface area contributed by atoms with Crippen molar-refractivity contribution in [3.63, 3.8) is 0 Å². The Bertz CT molecular complexity index is 378. The van der Waals surface area contributed by atoms with Crippen molar-refractivity contribution in [1.29, 1.82) is 5.26 Å². The zero-order chi connectivity index (χ0) is 12.0. The first-order chi connectivity index (χ1) is 7.69. The van der Waals surface area contributed by atoms with E-state index in [4.69, 9.17) is 10.00 Å². The van der Waals surface area contributed by atoms with Crippen LogP contribution >= 0.6 is 11.8 Å². The first-order valence-electron chi connectivity index (χ1n) is 4.93. The molecule has 1 rings (SSSR count). The molecule has 0 aliphatic heterocycles. The Hall–Kier alpha value is -1.25. The van der Waals surface area contributed by atoms with E-state index in [1.807, 2.05) is 20.0 Å². The summed E-state index contributed by atoms with van der Waals surface area (Å²) >= 11 is 1.13. The number of methoxy groups -OCH3 is 1. The lowest BCUT2D eigenvalue weighted by Crippen LogP contribution is -2.28. The van der Waals surface area contributed by atoms with E-state index in [1.165, 1.54) is 0 Å². The second-order valence-electron chi connectivity index (χ2n) is 3.46. The predicted octanol–water partition coefficient (Wildman–Crippen LogP) is 2.13. The number of aromatic nitrogens is 1. The summed E-state index contributed by atoms with van der Waals surface area (Å²) in [4.78, 5) is 6.95. The van der Waals surface area contributed by atoms with Crippen LogP contribution in [0.3, 0.4) is 0 Å². The van der Waals surface area contributed by atoms with Gasteiger partial charge in [-0.15, -0.1) is 0 Å². The zero-order valence-electron chi connectivity index (χ0n) is 9.67. The number of nitriles is 1. The highest BCUT2D eigenvalue weighted by atomic mass is 32.2. The van der Waals surface area contributed by atoms with Gasteiger partial charge in [0, 0.05) is 33.1 Å². The Kier molecular flexibility index (Phi) is 5.09. The van der Waals surface area contributed by atoms with Gasteiger partial charge in [0.1, 0.15) is 5.40 Å². The molecule has 4 nitrogen and oxygen atoms in total. The Morgan fingerprint density at radius 1 is 1.69 bits per heavy atom. The van der Waals surface area contributed by atoms with Crippen LogP contribution in [0, 0.1) is 10.7 Å². The fourth-order valence-corrected chi connectivity index (χ4v) is 1.91. The Morgan fingerprint density at radius 2 is 2.44 bits per heavy atom. The van der Waals surface area contributed by atoms with Gasteiger partial charge >= 0.3 is 0 Å². The molecule has 0 aliphatic rings. The third-order valence-corrected chi connectivity index (χ3v) is 2.89. The second-order valence-corrected chi connectivity index (χ2v) is 4.29. The summed E-state index contributed by atoms with van der Waals surface area (Å²) in [7, 11) is 3.67. The van der Waals surface area contributed by atoms with Crippen molar-refractivity contribution in [3.8, 4) is 5.40 Å². The molecule has 0 saturated heterocycles. The van der Waals surface area contributed by atoms with Gasteiger partial charge in [-0.2, -0.15) is 5.26 Å². The number of thiocyanates is 1. The molecule has 0 amide bonds. The molecule has 1 aromatic rings. The average molecular weight is 237 g/mol. The first kappa shape index (κ1) is 12.8. The van der Waals surface area contributed by atoms with Crippen LogP contribution in [0.4, 0.5) is 5.69 Å². The van der Waals surface area contributed by atoms with Crippen LogP contribution in [-0.4, -0.2) is 31.8 Å². The molecule has 0 bridgehead atoms. The van der Waals surface area contributed by atoms with E-state index in [0.29, 0.717) is 0 Å². The fraction of sp³-hybridized carbons (Fsp3) is 0.455. The third-order valence-electron chi connectivity index (χ3n) is 2.26. The summed E-state index contributed by atoms with van der Waals surface area (Å²) in [5, 5.41) is 10.8. The number of anilines is 1. The van der Waals surface area contributed by atoms with Crippen molar-refractivity contribution in [2.24, 2.45) is 0 Å². The largest absolute Gasteiger partial charge is 0.380 e. The average Bonchev–Trinajstić information content (AvgIpc) is 2.30. The molecule has 1 heterocycles. The molecular formula is C11H15N3OS. The molecule has 86 valence electrons. The number of rotatable bonds is 5. The summed E-state index contributed by atoms with van der Waals surface area (Å²) in [5.74, 6) is 0. The molecule has 1 unspecified atom stereocenters. The molecule has 1 aromatic heterocycles. The molecule has 0 aromatic carbocycles. The van der Waals surface area contributed by atoms with Crippen LogP contribution in [0.25, 0.3) is 0 Å². The van der Waals surface area contributed by atoms with Gasteiger partial charge in [-0.25, -0.2) is 0 Å². The normalized spacial score (nSPS) is 11.9. The van der Waals surface area contributed by atoms with E-state index < -0.39 is 0 Å². The van der Waals surface area contributed by atoms with Crippen molar-refractivity contribution >= 4 is 17.4 Å². The van der Waals surface area contributed by atoms with Gasteiger partial charge in [-0.1, -0.05) is 0 Å². The second kappa shape index (κ2) is 6.36. The topological polar surface area (TPSA) is 49.1 Å². The monoisotopic (exact) mass is 237 g/mol. The minimum Gasteiger partial charge on any atom is -0.380 e. The smallest absolute Gasteiger partial charge is 0.138 e. The van der Waals surface area contributed by atoms with Crippen LogP contribution < -0.4 is 4.90 Å². The number of hydrogen-bond donors (Lipinski definition) is 0. The van der Waals surface area contributed by atoms with E-state index in [0.717, 1.165) is 28.9 Å². The highest BCUT2D eigenvalue weighted by Crippen LogP contribution is 2.27. The summed E-state index contributed by atoms with van der Waals surface area (Å²) in [6.45, 7) is 2.79. The lowest BCUT2D eigenvalue weighted by atomic mass is 10.3. The van der Waals surface area contributed by atoms with Crippen molar-refractivity contribution in [3.05, 3.63) is 18.5 Å². The Labute approximate surface area is 100 Å². The van der Waals surface area contributed by atoms with Gasteiger partial charge in [-0.05, 0) is 24.8 Å². The van der Waals surface area contributed by atoms with Gasteiger partial charge in [0.2, 0.25) is 0 Å². The third kappa shape index (κ3) is 3.40. The van der Waals surface area contributed by atoms with Crippen molar-refractivity contribution in [1.82, 2.24) is 4.98 Å². The number of hydrogen-bond acceptors (Lipinski definition) is 5. The summed E-state index contributed by atoms with van der Waals surface area (Å²) in [6, 6.07) is 1.90. The maximum atomic E-state index is 8.70. The van der Waals surface area contributed by atoms with Crippen LogP contribution in [0.5, 0.6) is 0 Å². The first-order valence-corrected chi connectivity index (χ1v) is 5.74. The molecule has 0 aliphatic carbocycles. The van der Waals surface area contributed by atoms with Gasteiger partial charge in [-0.3, -0.25) is 4.98 Å². The summed E-state index contributed by atoms with van der Waals surface area (Å²) in [5.41, 5.74) is 1.01. The molecule has 1 atom stereocenters. The number of ether oxygens (including phenoxy) is 1. The summed E-state index contributed by atoms with van der Waals surface area (Å²) < 4.78 is 5.21. The molecule has 16 heavy (non-hydrogen) atoms. The van der Waals surface area contributed by atoms with Crippen molar-refractivity contribution in [2.75, 3.05) is 25.6 Å². The maximum Gasteiger partial charge on any atom is 0.138 e. The van der Waals surface area contributed by atoms with Crippen LogP contribution in [0.15, 0.2) is 23.4 Å². The predicted molar refractivity (Wildman–Crippen MR) is 65.4 cm³/mol. The molecular weight excluding hydrogens is 222 g/mol.